The average Bonchev–Trinajstić information content (AvgIpc) is 2.57. The van der Waals surface area contributed by atoms with Crippen LogP contribution in [0.3, 0.4) is 0 Å². The minimum absolute atomic E-state index is 0. The number of nitrogens with one attached hydrogen (secondary N) is 1. The fourth-order valence-corrected chi connectivity index (χ4v) is 2.42. The molecule has 0 aliphatic rings. The largest absolute Gasteiger partial charge is 0.349 e. The van der Waals surface area contributed by atoms with Gasteiger partial charge < -0.3 is 11.1 Å². The van der Waals surface area contributed by atoms with E-state index in [4.69, 9.17) is 5.73 Å². The Kier molecular flexibility index (Phi) is 9.77. The molecule has 0 heterocycles. The van der Waals surface area contributed by atoms with Crippen molar-refractivity contribution in [1.29, 1.82) is 0 Å². The number of ketones is 1. The summed E-state index contributed by atoms with van der Waals surface area (Å²) in [6.07, 6.45) is 2.96. The van der Waals surface area contributed by atoms with E-state index >= 15 is 0 Å². The van der Waals surface area contributed by atoms with E-state index in [1.165, 1.54) is 5.56 Å². The Labute approximate surface area is 145 Å². The summed E-state index contributed by atoms with van der Waals surface area (Å²) in [5.41, 5.74) is 7.29. The molecular weight excluding hydrogens is 312 g/mol. The molecule has 5 heteroatoms. The van der Waals surface area contributed by atoms with Crippen molar-refractivity contribution < 1.29 is 9.59 Å². The highest BCUT2D eigenvalue weighted by Crippen LogP contribution is 2.14. The Hall–Kier alpha value is -1.39. The summed E-state index contributed by atoms with van der Waals surface area (Å²) in [6, 6.07) is 7.59. The minimum atomic E-state index is -0.344. The first-order valence-electron chi connectivity index (χ1n) is 8.13. The Morgan fingerprint density at radius 2 is 1.61 bits per heavy atom. The predicted molar refractivity (Wildman–Crippen MR) is 97.1 cm³/mol. The highest BCUT2D eigenvalue weighted by atomic mass is 35.5. The van der Waals surface area contributed by atoms with Crippen LogP contribution >= 0.6 is 12.4 Å². The lowest BCUT2D eigenvalue weighted by molar-refractivity contribution is -0.123. The lowest BCUT2D eigenvalue weighted by Gasteiger charge is -2.31. The Morgan fingerprint density at radius 3 is 2.04 bits per heavy atom. The fourth-order valence-electron chi connectivity index (χ4n) is 2.42. The molecule has 3 N–H and O–H groups in total. The van der Waals surface area contributed by atoms with Gasteiger partial charge in [0.2, 0.25) is 5.91 Å². The van der Waals surface area contributed by atoms with Crippen LogP contribution < -0.4 is 11.1 Å². The third-order valence-corrected chi connectivity index (χ3v) is 4.41. The molecule has 1 aromatic carbocycles. The molecule has 130 valence electrons. The van der Waals surface area contributed by atoms with E-state index in [-0.39, 0.29) is 42.5 Å². The second kappa shape index (κ2) is 10.4. The monoisotopic (exact) mass is 340 g/mol. The smallest absolute Gasteiger partial charge is 0.220 e. The maximum atomic E-state index is 12.1. The van der Waals surface area contributed by atoms with Gasteiger partial charge in [-0.3, -0.25) is 9.59 Å². The van der Waals surface area contributed by atoms with Crippen LogP contribution in [-0.4, -0.2) is 23.8 Å². The number of carbonyl (C=O) groups is 2. The highest BCUT2D eigenvalue weighted by Gasteiger charge is 2.26. The number of aryl methyl sites for hydroxylation is 1. The standard InChI is InChI=1S/C18H28N2O2.ClH/c1-4-14-7-9-15(10-8-14)16(21)11-12-17(22)20-18(5-2,6-3)13-19;/h7-10H,4-6,11-13,19H2,1-3H3,(H,20,22);1H. The molecule has 0 aliphatic carbocycles. The van der Waals surface area contributed by atoms with Crippen molar-refractivity contribution >= 4 is 24.1 Å². The van der Waals surface area contributed by atoms with Crippen molar-refractivity contribution in [2.24, 2.45) is 5.73 Å². The summed E-state index contributed by atoms with van der Waals surface area (Å²) in [5.74, 6) is -0.100. The zero-order chi connectivity index (χ0) is 16.6. The summed E-state index contributed by atoms with van der Waals surface area (Å²) in [4.78, 5) is 24.2. The van der Waals surface area contributed by atoms with Gasteiger partial charge in [0.1, 0.15) is 0 Å². The molecule has 0 aliphatic heterocycles. The van der Waals surface area contributed by atoms with Gasteiger partial charge in [-0.25, -0.2) is 0 Å². The molecule has 1 aromatic rings. The first kappa shape index (κ1) is 21.6. The van der Waals surface area contributed by atoms with E-state index in [0.29, 0.717) is 12.1 Å². The van der Waals surface area contributed by atoms with E-state index in [1.807, 2.05) is 38.1 Å². The van der Waals surface area contributed by atoms with Crippen molar-refractivity contribution in [3.8, 4) is 0 Å². The molecule has 0 aromatic heterocycles. The van der Waals surface area contributed by atoms with Crippen molar-refractivity contribution in [1.82, 2.24) is 5.32 Å². The quantitative estimate of drug-likeness (QED) is 0.678. The van der Waals surface area contributed by atoms with E-state index in [1.54, 1.807) is 0 Å². The summed E-state index contributed by atoms with van der Waals surface area (Å²) in [5, 5.41) is 2.99. The molecule has 0 unspecified atom stereocenters. The SMILES string of the molecule is CCc1ccc(C(=O)CCC(=O)NC(CC)(CC)CN)cc1.Cl. The molecule has 0 fully saturated rings. The third-order valence-electron chi connectivity index (χ3n) is 4.41. The van der Waals surface area contributed by atoms with Gasteiger partial charge in [-0.2, -0.15) is 0 Å². The summed E-state index contributed by atoms with van der Waals surface area (Å²) in [7, 11) is 0. The predicted octanol–water partition coefficient (Wildman–Crippen LogP) is 3.27. The first-order valence-corrected chi connectivity index (χ1v) is 8.13. The van der Waals surface area contributed by atoms with E-state index < -0.39 is 0 Å². The number of halogens is 1. The first-order chi connectivity index (χ1) is 10.5. The highest BCUT2D eigenvalue weighted by molar-refractivity contribution is 5.98. The van der Waals surface area contributed by atoms with Crippen LogP contribution in [0.25, 0.3) is 0 Å². The van der Waals surface area contributed by atoms with E-state index in [2.05, 4.69) is 12.2 Å². The lowest BCUT2D eigenvalue weighted by atomic mass is 9.92. The Bertz CT molecular complexity index is 488. The van der Waals surface area contributed by atoms with Crippen molar-refractivity contribution in [3.63, 3.8) is 0 Å². The van der Waals surface area contributed by atoms with Crippen LogP contribution in [0.4, 0.5) is 0 Å². The van der Waals surface area contributed by atoms with Gasteiger partial charge in [0.15, 0.2) is 5.78 Å². The molecule has 0 bridgehead atoms. The molecule has 23 heavy (non-hydrogen) atoms. The summed E-state index contributed by atoms with van der Waals surface area (Å²) in [6.45, 7) is 6.51. The zero-order valence-corrected chi connectivity index (χ0v) is 15.2. The van der Waals surface area contributed by atoms with Gasteiger partial charge >= 0.3 is 0 Å². The number of benzene rings is 1. The van der Waals surface area contributed by atoms with Gasteiger partial charge in [-0.1, -0.05) is 45.0 Å². The summed E-state index contributed by atoms with van der Waals surface area (Å²) < 4.78 is 0. The molecule has 1 amide bonds. The number of carbonyl (C=O) groups excluding carboxylic acids is 2. The number of hydrogen-bond acceptors (Lipinski definition) is 3. The van der Waals surface area contributed by atoms with Crippen molar-refractivity contribution in [2.45, 2.75) is 58.4 Å². The molecule has 0 radical (unpaired) electrons. The van der Waals surface area contributed by atoms with Gasteiger partial charge in [-0.05, 0) is 24.8 Å². The average molecular weight is 341 g/mol. The second-order valence-electron chi connectivity index (χ2n) is 5.71. The van der Waals surface area contributed by atoms with Crippen molar-refractivity contribution in [3.05, 3.63) is 35.4 Å². The van der Waals surface area contributed by atoms with Crippen LogP contribution in [0.1, 0.15) is 62.4 Å². The second-order valence-corrected chi connectivity index (χ2v) is 5.71. The van der Waals surface area contributed by atoms with E-state index in [0.717, 1.165) is 19.3 Å². The van der Waals surface area contributed by atoms with Crippen LogP contribution in [0.5, 0.6) is 0 Å². The number of hydrogen-bond donors (Lipinski definition) is 2. The van der Waals surface area contributed by atoms with Gasteiger partial charge in [0, 0.05) is 24.9 Å². The van der Waals surface area contributed by atoms with Crippen LogP contribution in [0, 0.1) is 0 Å². The fraction of sp³-hybridized carbons (Fsp3) is 0.556. The maximum absolute atomic E-state index is 12.1. The Morgan fingerprint density at radius 1 is 1.04 bits per heavy atom. The van der Waals surface area contributed by atoms with E-state index in [9.17, 15) is 9.59 Å². The normalized spacial score (nSPS) is 10.8. The Balaban J connectivity index is 0.00000484. The van der Waals surface area contributed by atoms with Gasteiger partial charge in [0.05, 0.1) is 5.54 Å². The van der Waals surface area contributed by atoms with Gasteiger partial charge in [-0.15, -0.1) is 12.4 Å². The minimum Gasteiger partial charge on any atom is -0.349 e. The molecular formula is C18H29ClN2O2. The van der Waals surface area contributed by atoms with Gasteiger partial charge in [0.25, 0.3) is 0 Å². The molecule has 0 atom stereocenters. The van der Waals surface area contributed by atoms with Crippen LogP contribution in [0.15, 0.2) is 24.3 Å². The number of nitrogens with two attached hydrogens (primary N) is 1. The third kappa shape index (κ3) is 6.32. The lowest BCUT2D eigenvalue weighted by Crippen LogP contribution is -2.52. The molecule has 1 rings (SSSR count). The number of rotatable bonds is 9. The maximum Gasteiger partial charge on any atom is 0.220 e. The van der Waals surface area contributed by atoms with Crippen LogP contribution in [0.2, 0.25) is 0 Å². The molecule has 4 nitrogen and oxygen atoms in total. The molecule has 0 saturated heterocycles. The summed E-state index contributed by atoms with van der Waals surface area (Å²) >= 11 is 0. The van der Waals surface area contributed by atoms with Crippen LogP contribution in [-0.2, 0) is 11.2 Å². The topological polar surface area (TPSA) is 72.2 Å². The zero-order valence-electron chi connectivity index (χ0n) is 14.4. The number of Topliss-reactive ketones (excluding diaryl/α,β-unsaturated/α-hetero) is 1. The molecule has 0 spiro atoms. The molecule has 0 saturated carbocycles. The number of amides is 1. The van der Waals surface area contributed by atoms with Crippen molar-refractivity contribution in [2.75, 3.05) is 6.54 Å².